The summed E-state index contributed by atoms with van der Waals surface area (Å²) in [6.45, 7) is 5.31. The molecule has 2 aromatic heterocycles. The third kappa shape index (κ3) is 3.63. The maximum Gasteiger partial charge on any atom is 0.127 e. The first-order valence-corrected chi connectivity index (χ1v) is 10.6. The van der Waals surface area contributed by atoms with Crippen molar-refractivity contribution in [1.29, 1.82) is 0 Å². The SMILES string of the molecule is CC(C)Cn1cc(-c2cccc(-c3cccc4c3C(N)=NC4c3ccncc3)c2)cn1. The Morgan fingerprint density at radius 3 is 2.55 bits per heavy atom. The molecule has 1 aliphatic heterocycles. The number of hydrogen-bond donors (Lipinski definition) is 1. The van der Waals surface area contributed by atoms with E-state index in [9.17, 15) is 0 Å². The number of hydrogen-bond acceptors (Lipinski definition) is 4. The summed E-state index contributed by atoms with van der Waals surface area (Å²) in [6, 6.07) is 18.8. The fraction of sp³-hybridized carbons (Fsp3) is 0.192. The molecule has 0 radical (unpaired) electrons. The summed E-state index contributed by atoms with van der Waals surface area (Å²) in [5.41, 5.74) is 14.2. The first-order valence-electron chi connectivity index (χ1n) is 10.6. The molecule has 154 valence electrons. The van der Waals surface area contributed by atoms with Crippen molar-refractivity contribution in [2.75, 3.05) is 0 Å². The zero-order valence-electron chi connectivity index (χ0n) is 17.7. The highest BCUT2D eigenvalue weighted by Gasteiger charge is 2.27. The number of aliphatic imine (C=N–C) groups is 1. The number of rotatable bonds is 5. The van der Waals surface area contributed by atoms with Crippen LogP contribution in [0, 0.1) is 5.92 Å². The van der Waals surface area contributed by atoms with Crippen molar-refractivity contribution in [1.82, 2.24) is 14.8 Å². The number of pyridine rings is 1. The van der Waals surface area contributed by atoms with E-state index >= 15 is 0 Å². The molecule has 5 rings (SSSR count). The summed E-state index contributed by atoms with van der Waals surface area (Å²) >= 11 is 0. The summed E-state index contributed by atoms with van der Waals surface area (Å²) < 4.78 is 2.01. The normalized spacial score (nSPS) is 15.2. The molecule has 1 aliphatic rings. The monoisotopic (exact) mass is 407 g/mol. The molecule has 1 atom stereocenters. The van der Waals surface area contributed by atoms with Crippen molar-refractivity contribution >= 4 is 5.84 Å². The molecule has 31 heavy (non-hydrogen) atoms. The molecule has 0 spiro atoms. The maximum atomic E-state index is 6.43. The van der Waals surface area contributed by atoms with Crippen LogP contribution < -0.4 is 5.73 Å². The van der Waals surface area contributed by atoms with Gasteiger partial charge in [-0.25, -0.2) is 0 Å². The van der Waals surface area contributed by atoms with Gasteiger partial charge in [0.2, 0.25) is 0 Å². The highest BCUT2D eigenvalue weighted by molar-refractivity contribution is 6.07. The largest absolute Gasteiger partial charge is 0.383 e. The number of nitrogens with zero attached hydrogens (tertiary/aromatic N) is 4. The molecule has 0 saturated heterocycles. The Balaban J connectivity index is 1.54. The number of amidine groups is 1. The molecule has 0 amide bonds. The van der Waals surface area contributed by atoms with E-state index in [1.54, 1.807) is 12.4 Å². The van der Waals surface area contributed by atoms with Crippen LogP contribution in [0.25, 0.3) is 22.3 Å². The highest BCUT2D eigenvalue weighted by atomic mass is 15.3. The van der Waals surface area contributed by atoms with E-state index in [0.717, 1.165) is 45.5 Å². The molecule has 5 heteroatoms. The van der Waals surface area contributed by atoms with Gasteiger partial charge in [-0.1, -0.05) is 50.2 Å². The topological polar surface area (TPSA) is 69.1 Å². The van der Waals surface area contributed by atoms with E-state index in [4.69, 9.17) is 10.7 Å². The third-order valence-corrected chi connectivity index (χ3v) is 5.63. The van der Waals surface area contributed by atoms with Crippen LogP contribution in [-0.4, -0.2) is 20.6 Å². The molecule has 3 heterocycles. The van der Waals surface area contributed by atoms with Crippen LogP contribution in [-0.2, 0) is 6.54 Å². The van der Waals surface area contributed by atoms with Crippen LogP contribution in [0.2, 0.25) is 0 Å². The fourth-order valence-electron chi connectivity index (χ4n) is 4.25. The van der Waals surface area contributed by atoms with Crippen LogP contribution in [0.4, 0.5) is 0 Å². The molecular weight excluding hydrogens is 382 g/mol. The Morgan fingerprint density at radius 1 is 0.968 bits per heavy atom. The summed E-state index contributed by atoms with van der Waals surface area (Å²) in [6.07, 6.45) is 7.65. The minimum atomic E-state index is -0.0876. The molecular formula is C26H25N5. The van der Waals surface area contributed by atoms with E-state index < -0.39 is 0 Å². The predicted molar refractivity (Wildman–Crippen MR) is 125 cm³/mol. The minimum absolute atomic E-state index is 0.0876. The van der Waals surface area contributed by atoms with E-state index in [-0.39, 0.29) is 6.04 Å². The molecule has 0 aliphatic carbocycles. The Bertz CT molecular complexity index is 1250. The summed E-state index contributed by atoms with van der Waals surface area (Å²) in [5, 5.41) is 4.52. The minimum Gasteiger partial charge on any atom is -0.383 e. The molecule has 0 saturated carbocycles. The molecule has 2 aromatic carbocycles. The van der Waals surface area contributed by atoms with Crippen molar-refractivity contribution in [3.8, 4) is 22.3 Å². The predicted octanol–water partition coefficient (Wildman–Crippen LogP) is 5.08. The lowest BCUT2D eigenvalue weighted by atomic mass is 9.91. The van der Waals surface area contributed by atoms with Gasteiger partial charge in [0.1, 0.15) is 11.9 Å². The Hall–Kier alpha value is -3.73. The van der Waals surface area contributed by atoms with Gasteiger partial charge in [-0.15, -0.1) is 0 Å². The second-order valence-corrected chi connectivity index (χ2v) is 8.39. The Labute approximate surface area is 182 Å². The molecule has 4 aromatic rings. The zero-order chi connectivity index (χ0) is 21.4. The van der Waals surface area contributed by atoms with E-state index in [2.05, 4.69) is 72.6 Å². The average molecular weight is 408 g/mol. The van der Waals surface area contributed by atoms with E-state index in [1.807, 2.05) is 23.0 Å². The lowest BCUT2D eigenvalue weighted by Gasteiger charge is -2.13. The van der Waals surface area contributed by atoms with Gasteiger partial charge in [-0.05, 0) is 51.9 Å². The van der Waals surface area contributed by atoms with Crippen LogP contribution in [0.5, 0.6) is 0 Å². The molecule has 0 bridgehead atoms. The van der Waals surface area contributed by atoms with Crippen molar-refractivity contribution in [3.63, 3.8) is 0 Å². The van der Waals surface area contributed by atoms with Gasteiger partial charge in [-0.3, -0.25) is 14.7 Å². The van der Waals surface area contributed by atoms with Crippen molar-refractivity contribution < 1.29 is 0 Å². The van der Waals surface area contributed by atoms with Crippen molar-refractivity contribution in [2.24, 2.45) is 16.6 Å². The van der Waals surface area contributed by atoms with E-state index in [1.165, 1.54) is 0 Å². The Morgan fingerprint density at radius 2 is 1.74 bits per heavy atom. The van der Waals surface area contributed by atoms with Gasteiger partial charge in [0.25, 0.3) is 0 Å². The summed E-state index contributed by atoms with van der Waals surface area (Å²) in [5.74, 6) is 1.14. The first-order chi connectivity index (χ1) is 15.1. The lowest BCUT2D eigenvalue weighted by Crippen LogP contribution is -2.11. The lowest BCUT2D eigenvalue weighted by molar-refractivity contribution is 0.483. The quantitative estimate of drug-likeness (QED) is 0.502. The van der Waals surface area contributed by atoms with Gasteiger partial charge < -0.3 is 5.73 Å². The highest BCUT2D eigenvalue weighted by Crippen LogP contribution is 2.39. The standard InChI is InChI=1S/C26H25N5/c1-17(2)15-31-16-21(14-29-31)19-5-3-6-20(13-19)22-7-4-8-23-24(22)26(27)30-25(23)18-9-11-28-12-10-18/h3-14,16-17,25H,15H2,1-2H3,(H2,27,30). The number of nitrogens with two attached hydrogens (primary N) is 1. The van der Waals surface area contributed by atoms with Crippen molar-refractivity contribution in [3.05, 3.63) is 96.1 Å². The van der Waals surface area contributed by atoms with Crippen LogP contribution >= 0.6 is 0 Å². The second-order valence-electron chi connectivity index (χ2n) is 8.39. The van der Waals surface area contributed by atoms with Gasteiger partial charge >= 0.3 is 0 Å². The second kappa shape index (κ2) is 7.84. The first kappa shape index (κ1) is 19.2. The molecule has 5 nitrogen and oxygen atoms in total. The van der Waals surface area contributed by atoms with E-state index in [0.29, 0.717) is 11.8 Å². The maximum absolute atomic E-state index is 6.43. The number of fused-ring (bicyclic) bond motifs is 1. The van der Waals surface area contributed by atoms with Gasteiger partial charge in [-0.2, -0.15) is 5.10 Å². The third-order valence-electron chi connectivity index (χ3n) is 5.63. The van der Waals surface area contributed by atoms with Crippen molar-refractivity contribution in [2.45, 2.75) is 26.4 Å². The number of benzene rings is 2. The van der Waals surface area contributed by atoms with Gasteiger partial charge in [0.15, 0.2) is 0 Å². The Kier molecular flexibility index (Phi) is 4.86. The number of aromatic nitrogens is 3. The van der Waals surface area contributed by atoms with Gasteiger partial charge in [0.05, 0.1) is 6.20 Å². The van der Waals surface area contributed by atoms with Crippen LogP contribution in [0.3, 0.4) is 0 Å². The van der Waals surface area contributed by atoms with Crippen LogP contribution in [0.15, 0.2) is 84.4 Å². The molecule has 1 unspecified atom stereocenters. The average Bonchev–Trinajstić information content (AvgIpc) is 3.39. The molecule has 2 N–H and O–H groups in total. The van der Waals surface area contributed by atoms with Gasteiger partial charge in [0, 0.05) is 36.3 Å². The fourth-order valence-corrected chi connectivity index (χ4v) is 4.25. The zero-order valence-corrected chi connectivity index (χ0v) is 17.7. The summed E-state index contributed by atoms with van der Waals surface area (Å²) in [7, 11) is 0. The summed E-state index contributed by atoms with van der Waals surface area (Å²) in [4.78, 5) is 8.90. The van der Waals surface area contributed by atoms with Crippen LogP contribution in [0.1, 0.15) is 36.6 Å². The smallest absolute Gasteiger partial charge is 0.127 e. The molecule has 0 fully saturated rings.